The maximum Gasteiger partial charge on any atom is 0.243 e. The third-order valence-electron chi connectivity index (χ3n) is 3.92. The van der Waals surface area contributed by atoms with Crippen LogP contribution >= 0.6 is 0 Å². The van der Waals surface area contributed by atoms with Crippen molar-refractivity contribution in [3.63, 3.8) is 0 Å². The molecule has 0 N–H and O–H groups in total. The number of hydrogen-bond donors (Lipinski definition) is 0. The van der Waals surface area contributed by atoms with Crippen molar-refractivity contribution in [2.24, 2.45) is 0 Å². The number of hydrogen-bond acceptors (Lipinski definition) is 6. The summed E-state index contributed by atoms with van der Waals surface area (Å²) in [7, 11) is -7.25. The summed E-state index contributed by atoms with van der Waals surface area (Å²) in [6.07, 6.45) is 4.54. The molecule has 134 valence electrons. The molecule has 1 fully saturated rings. The highest BCUT2D eigenvalue weighted by Crippen LogP contribution is 2.25. The summed E-state index contributed by atoms with van der Waals surface area (Å²) in [4.78, 5) is 3.91. The number of sulfonamides is 1. The predicted octanol–water partition coefficient (Wildman–Crippen LogP) is 1.33. The maximum absolute atomic E-state index is 12.8. The van der Waals surface area contributed by atoms with Crippen LogP contribution in [0.2, 0.25) is 0 Å². The van der Waals surface area contributed by atoms with Crippen molar-refractivity contribution >= 4 is 19.9 Å². The minimum Gasteiger partial charge on any atom is -0.487 e. The Hall–Kier alpha value is -1.97. The zero-order valence-electron chi connectivity index (χ0n) is 13.6. The summed E-state index contributed by atoms with van der Waals surface area (Å²) < 4.78 is 55.9. The summed E-state index contributed by atoms with van der Waals surface area (Å²) in [6, 6.07) is 8.92. The maximum atomic E-state index is 12.8. The number of benzene rings is 1. The zero-order chi connectivity index (χ0) is 18.1. The molecule has 0 radical (unpaired) electrons. The van der Waals surface area contributed by atoms with E-state index in [2.05, 4.69) is 4.98 Å². The molecule has 0 spiro atoms. The average molecular weight is 382 g/mol. The van der Waals surface area contributed by atoms with Gasteiger partial charge in [-0.05, 0) is 36.8 Å². The molecule has 0 bridgehead atoms. The Morgan fingerprint density at radius 1 is 1.12 bits per heavy atom. The minimum absolute atomic E-state index is 0.0177. The van der Waals surface area contributed by atoms with Crippen LogP contribution in [0.25, 0.3) is 0 Å². The molecule has 0 aliphatic carbocycles. The monoisotopic (exact) mass is 382 g/mol. The fraction of sp³-hybridized carbons (Fsp3) is 0.312. The number of sulfone groups is 1. The Morgan fingerprint density at radius 3 is 2.56 bits per heavy atom. The first-order valence-electron chi connectivity index (χ1n) is 7.64. The quantitative estimate of drug-likeness (QED) is 0.774. The van der Waals surface area contributed by atoms with Gasteiger partial charge in [0.1, 0.15) is 11.9 Å². The van der Waals surface area contributed by atoms with Crippen LogP contribution in [0.4, 0.5) is 0 Å². The van der Waals surface area contributed by atoms with E-state index in [1.54, 1.807) is 24.5 Å². The van der Waals surface area contributed by atoms with E-state index in [1.807, 2.05) is 0 Å². The number of nitrogens with zero attached hydrogens (tertiary/aromatic N) is 2. The molecule has 2 heterocycles. The second kappa shape index (κ2) is 6.74. The van der Waals surface area contributed by atoms with Crippen LogP contribution in [0.15, 0.2) is 58.6 Å². The first-order valence-corrected chi connectivity index (χ1v) is 11.0. The van der Waals surface area contributed by atoms with Gasteiger partial charge in [0.25, 0.3) is 0 Å². The molecule has 1 saturated heterocycles. The molecule has 3 rings (SSSR count). The van der Waals surface area contributed by atoms with Crippen LogP contribution in [-0.4, -0.2) is 51.6 Å². The molecule has 0 saturated carbocycles. The van der Waals surface area contributed by atoms with E-state index >= 15 is 0 Å². The predicted molar refractivity (Wildman–Crippen MR) is 91.6 cm³/mol. The second-order valence-corrected chi connectivity index (χ2v) is 9.78. The lowest BCUT2D eigenvalue weighted by atomic mass is 10.3. The molecule has 1 aliphatic heterocycles. The van der Waals surface area contributed by atoms with Crippen molar-refractivity contribution < 1.29 is 21.6 Å². The lowest BCUT2D eigenvalue weighted by Crippen LogP contribution is -2.31. The van der Waals surface area contributed by atoms with Crippen molar-refractivity contribution in [2.45, 2.75) is 22.3 Å². The molecule has 1 aromatic heterocycles. The number of rotatable bonds is 5. The highest BCUT2D eigenvalue weighted by atomic mass is 32.2. The van der Waals surface area contributed by atoms with E-state index in [1.165, 1.54) is 28.6 Å². The molecule has 7 nitrogen and oxygen atoms in total. The molecule has 25 heavy (non-hydrogen) atoms. The normalized spacial score (nSPS) is 19.0. The fourth-order valence-corrected chi connectivity index (χ4v) is 4.91. The lowest BCUT2D eigenvalue weighted by Gasteiger charge is -2.17. The van der Waals surface area contributed by atoms with Gasteiger partial charge in [-0.1, -0.05) is 6.07 Å². The summed E-state index contributed by atoms with van der Waals surface area (Å²) in [5.41, 5.74) is 0. The summed E-state index contributed by atoms with van der Waals surface area (Å²) in [5, 5.41) is 0. The standard InChI is InChI=1S/C16H18N2O5S2/c1-24(19,20)15-5-2-6-16(10-15)25(21,22)18-9-7-14(12-18)23-13-4-3-8-17-11-13/h2-6,8,10-11,14H,7,9,12H2,1H3. The molecule has 0 amide bonds. The number of pyridine rings is 1. The molecular weight excluding hydrogens is 364 g/mol. The van der Waals surface area contributed by atoms with Crippen molar-refractivity contribution in [3.8, 4) is 5.75 Å². The number of aromatic nitrogens is 1. The smallest absolute Gasteiger partial charge is 0.243 e. The van der Waals surface area contributed by atoms with Crippen LogP contribution in [0.1, 0.15) is 6.42 Å². The highest BCUT2D eigenvalue weighted by molar-refractivity contribution is 7.91. The van der Waals surface area contributed by atoms with Gasteiger partial charge in [0, 0.05) is 19.0 Å². The molecule has 1 unspecified atom stereocenters. The van der Waals surface area contributed by atoms with Crippen molar-refractivity contribution in [2.75, 3.05) is 19.3 Å². The van der Waals surface area contributed by atoms with Gasteiger partial charge in [-0.3, -0.25) is 4.98 Å². The largest absolute Gasteiger partial charge is 0.487 e. The van der Waals surface area contributed by atoms with Gasteiger partial charge in [0.15, 0.2) is 9.84 Å². The third kappa shape index (κ3) is 4.00. The topological polar surface area (TPSA) is 93.6 Å². The molecule has 1 atom stereocenters. The molecular formula is C16H18N2O5S2. The Morgan fingerprint density at radius 2 is 1.88 bits per heavy atom. The molecule has 1 aliphatic rings. The average Bonchev–Trinajstić information content (AvgIpc) is 3.04. The van der Waals surface area contributed by atoms with Gasteiger partial charge in [-0.25, -0.2) is 16.8 Å². The molecule has 9 heteroatoms. The van der Waals surface area contributed by atoms with Crippen LogP contribution in [0.3, 0.4) is 0 Å². The summed E-state index contributed by atoms with van der Waals surface area (Å²) in [6.45, 7) is 0.524. The first-order chi connectivity index (χ1) is 11.8. The van der Waals surface area contributed by atoms with Crippen molar-refractivity contribution in [3.05, 3.63) is 48.8 Å². The number of ether oxygens (including phenoxy) is 1. The van der Waals surface area contributed by atoms with Gasteiger partial charge in [0.2, 0.25) is 10.0 Å². The summed E-state index contributed by atoms with van der Waals surface area (Å²) in [5.74, 6) is 0.589. The fourth-order valence-electron chi connectivity index (χ4n) is 2.64. The molecule has 2 aromatic rings. The van der Waals surface area contributed by atoms with E-state index < -0.39 is 19.9 Å². The van der Waals surface area contributed by atoms with E-state index in [0.717, 1.165) is 6.26 Å². The van der Waals surface area contributed by atoms with Crippen LogP contribution in [0.5, 0.6) is 5.75 Å². The Balaban J connectivity index is 1.78. The van der Waals surface area contributed by atoms with Gasteiger partial charge in [0.05, 0.1) is 22.5 Å². The second-order valence-electron chi connectivity index (χ2n) is 5.83. The highest BCUT2D eigenvalue weighted by Gasteiger charge is 2.34. The first kappa shape index (κ1) is 17.8. The van der Waals surface area contributed by atoms with Gasteiger partial charge >= 0.3 is 0 Å². The lowest BCUT2D eigenvalue weighted by molar-refractivity contribution is 0.214. The third-order valence-corrected chi connectivity index (χ3v) is 6.89. The minimum atomic E-state index is -3.77. The van der Waals surface area contributed by atoms with Crippen molar-refractivity contribution in [1.29, 1.82) is 0 Å². The molecule has 1 aromatic carbocycles. The van der Waals surface area contributed by atoms with Gasteiger partial charge < -0.3 is 4.74 Å². The van der Waals surface area contributed by atoms with E-state index in [-0.39, 0.29) is 22.4 Å². The SMILES string of the molecule is CS(=O)(=O)c1cccc(S(=O)(=O)N2CCC(Oc3cccnc3)C2)c1. The van der Waals surface area contributed by atoms with Crippen LogP contribution < -0.4 is 4.74 Å². The van der Waals surface area contributed by atoms with Gasteiger partial charge in [-0.2, -0.15) is 4.31 Å². The Kier molecular flexibility index (Phi) is 4.81. The summed E-state index contributed by atoms with van der Waals surface area (Å²) >= 11 is 0. The van der Waals surface area contributed by atoms with E-state index in [9.17, 15) is 16.8 Å². The van der Waals surface area contributed by atoms with Crippen molar-refractivity contribution in [1.82, 2.24) is 9.29 Å². The Bertz CT molecular complexity index is 959. The Labute approximate surface area is 147 Å². The van der Waals surface area contributed by atoms with Crippen LogP contribution in [-0.2, 0) is 19.9 Å². The zero-order valence-corrected chi connectivity index (χ0v) is 15.2. The van der Waals surface area contributed by atoms with Crippen LogP contribution in [0, 0.1) is 0 Å². The van der Waals surface area contributed by atoms with E-state index in [0.29, 0.717) is 18.7 Å². The van der Waals surface area contributed by atoms with Gasteiger partial charge in [-0.15, -0.1) is 0 Å². The van der Waals surface area contributed by atoms with E-state index in [4.69, 9.17) is 4.74 Å².